The molecule has 1 atom stereocenters. The predicted octanol–water partition coefficient (Wildman–Crippen LogP) is 4.12. The summed E-state index contributed by atoms with van der Waals surface area (Å²) in [4.78, 5) is 16.6. The number of benzene rings is 1. The Bertz CT molecular complexity index is 813. The van der Waals surface area contributed by atoms with E-state index in [2.05, 4.69) is 20.9 Å². The lowest BCUT2D eigenvalue weighted by molar-refractivity contribution is -0.116. The molecule has 9 heteroatoms. The number of hydrogen-bond donors (Lipinski definition) is 4. The SMILES string of the molecule is CCNC(=NCC(C)(O)c1ccsc1)NCCC(=O)Nc1ccc(C)cc1Cl.I. The van der Waals surface area contributed by atoms with Crippen LogP contribution in [0.3, 0.4) is 0 Å². The lowest BCUT2D eigenvalue weighted by Gasteiger charge is -2.21. The minimum atomic E-state index is -1.04. The summed E-state index contributed by atoms with van der Waals surface area (Å²) in [7, 11) is 0. The number of thiophene rings is 1. The second-order valence-corrected chi connectivity index (χ2v) is 7.88. The van der Waals surface area contributed by atoms with Crippen LogP contribution in [-0.4, -0.2) is 36.6 Å². The second kappa shape index (κ2) is 12.4. The molecule has 29 heavy (non-hydrogen) atoms. The third-order valence-electron chi connectivity index (χ3n) is 4.08. The number of nitrogens with zero attached hydrogens (tertiary/aromatic N) is 1. The first-order valence-corrected chi connectivity index (χ1v) is 10.5. The molecule has 1 aromatic carbocycles. The highest BCUT2D eigenvalue weighted by Crippen LogP contribution is 2.23. The highest BCUT2D eigenvalue weighted by Gasteiger charge is 2.23. The molecule has 0 aliphatic rings. The molecular formula is C20H28ClIN4O2S. The first-order chi connectivity index (χ1) is 13.3. The molecule has 1 heterocycles. The maximum atomic E-state index is 12.2. The van der Waals surface area contributed by atoms with Gasteiger partial charge in [-0.05, 0) is 60.9 Å². The van der Waals surface area contributed by atoms with Gasteiger partial charge >= 0.3 is 0 Å². The zero-order valence-corrected chi connectivity index (χ0v) is 20.7. The van der Waals surface area contributed by atoms with Gasteiger partial charge in [-0.2, -0.15) is 11.3 Å². The van der Waals surface area contributed by atoms with Gasteiger partial charge in [-0.3, -0.25) is 4.79 Å². The molecule has 1 unspecified atom stereocenters. The Morgan fingerprint density at radius 2 is 2.07 bits per heavy atom. The zero-order chi connectivity index (χ0) is 20.6. The average molecular weight is 551 g/mol. The van der Waals surface area contributed by atoms with Gasteiger partial charge in [0.15, 0.2) is 5.96 Å². The molecule has 2 aromatic rings. The Labute approximate surface area is 198 Å². The third kappa shape index (κ3) is 8.49. The molecule has 0 fully saturated rings. The van der Waals surface area contributed by atoms with Crippen LogP contribution in [0.1, 0.15) is 31.4 Å². The standard InChI is InChI=1S/C20H27ClN4O2S.HI/c1-4-22-19(24-13-20(3,27)15-8-10-28-12-15)23-9-7-18(26)25-17-6-5-14(2)11-16(17)21;/h5-6,8,10-12,27H,4,7,9,13H2,1-3H3,(H,25,26)(H2,22,23,24);1H. The Morgan fingerprint density at radius 1 is 1.31 bits per heavy atom. The van der Waals surface area contributed by atoms with Crippen molar-refractivity contribution >= 4 is 64.5 Å². The molecule has 4 N–H and O–H groups in total. The molecule has 1 amide bonds. The van der Waals surface area contributed by atoms with Gasteiger partial charge in [0.25, 0.3) is 0 Å². The number of aryl methyl sites for hydroxylation is 1. The van der Waals surface area contributed by atoms with Gasteiger partial charge in [-0.1, -0.05) is 17.7 Å². The van der Waals surface area contributed by atoms with Crippen molar-refractivity contribution in [2.24, 2.45) is 4.99 Å². The Hall–Kier alpha value is -1.36. The summed E-state index contributed by atoms with van der Waals surface area (Å²) < 4.78 is 0. The second-order valence-electron chi connectivity index (χ2n) is 6.69. The molecule has 1 aromatic heterocycles. The molecule has 0 spiro atoms. The number of rotatable bonds is 8. The summed E-state index contributed by atoms with van der Waals surface area (Å²) in [5.74, 6) is 0.415. The maximum absolute atomic E-state index is 12.2. The molecule has 0 saturated carbocycles. The number of aliphatic hydroxyl groups is 1. The van der Waals surface area contributed by atoms with Gasteiger partial charge in [0, 0.05) is 19.5 Å². The monoisotopic (exact) mass is 550 g/mol. The van der Waals surface area contributed by atoms with E-state index < -0.39 is 5.60 Å². The molecule has 0 aliphatic heterocycles. The number of carbonyl (C=O) groups excluding carboxylic acids is 1. The molecule has 0 bridgehead atoms. The van der Waals surface area contributed by atoms with Crippen molar-refractivity contribution in [3.8, 4) is 0 Å². The normalized spacial score (nSPS) is 13.2. The maximum Gasteiger partial charge on any atom is 0.226 e. The van der Waals surface area contributed by atoms with E-state index in [1.165, 1.54) is 11.3 Å². The molecule has 0 aliphatic carbocycles. The molecular weight excluding hydrogens is 523 g/mol. The Balaban J connectivity index is 0.00000420. The number of aliphatic imine (C=N–C) groups is 1. The van der Waals surface area contributed by atoms with Crippen molar-refractivity contribution in [1.29, 1.82) is 0 Å². The summed E-state index contributed by atoms with van der Waals surface area (Å²) in [6, 6.07) is 7.39. The zero-order valence-electron chi connectivity index (χ0n) is 16.8. The van der Waals surface area contributed by atoms with E-state index in [4.69, 9.17) is 11.6 Å². The highest BCUT2D eigenvalue weighted by molar-refractivity contribution is 14.0. The summed E-state index contributed by atoms with van der Waals surface area (Å²) in [5.41, 5.74) is 1.44. The van der Waals surface area contributed by atoms with Crippen LogP contribution in [0.15, 0.2) is 40.0 Å². The smallest absolute Gasteiger partial charge is 0.226 e. The van der Waals surface area contributed by atoms with Gasteiger partial charge < -0.3 is 21.1 Å². The number of amides is 1. The predicted molar refractivity (Wildman–Crippen MR) is 133 cm³/mol. The third-order valence-corrected chi connectivity index (χ3v) is 5.07. The first-order valence-electron chi connectivity index (χ1n) is 9.15. The number of hydrogen-bond acceptors (Lipinski definition) is 4. The lowest BCUT2D eigenvalue weighted by Crippen LogP contribution is -2.40. The van der Waals surface area contributed by atoms with E-state index in [0.29, 0.717) is 29.8 Å². The van der Waals surface area contributed by atoms with Gasteiger partial charge in [-0.15, -0.1) is 24.0 Å². The number of guanidine groups is 1. The van der Waals surface area contributed by atoms with Crippen LogP contribution in [0, 0.1) is 6.92 Å². The van der Waals surface area contributed by atoms with E-state index in [1.54, 1.807) is 13.0 Å². The average Bonchev–Trinajstić information content (AvgIpc) is 3.18. The quantitative estimate of drug-likeness (QED) is 0.226. The fraction of sp³-hybridized carbons (Fsp3) is 0.400. The van der Waals surface area contributed by atoms with Gasteiger partial charge in [-0.25, -0.2) is 4.99 Å². The topological polar surface area (TPSA) is 85.8 Å². The van der Waals surface area contributed by atoms with E-state index in [9.17, 15) is 9.90 Å². The largest absolute Gasteiger partial charge is 0.383 e. The van der Waals surface area contributed by atoms with Crippen molar-refractivity contribution in [2.45, 2.75) is 32.8 Å². The highest BCUT2D eigenvalue weighted by atomic mass is 127. The van der Waals surface area contributed by atoms with Crippen LogP contribution in [0.25, 0.3) is 0 Å². The van der Waals surface area contributed by atoms with Crippen LogP contribution in [-0.2, 0) is 10.4 Å². The number of nitrogens with one attached hydrogen (secondary N) is 3. The van der Waals surface area contributed by atoms with Gasteiger partial charge in [0.2, 0.25) is 5.91 Å². The van der Waals surface area contributed by atoms with Crippen LogP contribution in [0.4, 0.5) is 5.69 Å². The molecule has 2 rings (SSSR count). The summed E-state index contributed by atoms with van der Waals surface area (Å²) in [6.45, 7) is 6.93. The van der Waals surface area contributed by atoms with Gasteiger partial charge in [0.1, 0.15) is 5.60 Å². The summed E-state index contributed by atoms with van der Waals surface area (Å²) in [5, 5.41) is 24.0. The van der Waals surface area contributed by atoms with Crippen LogP contribution >= 0.6 is 46.9 Å². The molecule has 160 valence electrons. The van der Waals surface area contributed by atoms with E-state index in [1.807, 2.05) is 42.8 Å². The van der Waals surface area contributed by atoms with Crippen molar-refractivity contribution in [3.05, 3.63) is 51.2 Å². The van der Waals surface area contributed by atoms with E-state index in [-0.39, 0.29) is 42.8 Å². The summed E-state index contributed by atoms with van der Waals surface area (Å²) >= 11 is 7.68. The Morgan fingerprint density at radius 3 is 2.69 bits per heavy atom. The Kier molecular flexibility index (Phi) is 10.9. The molecule has 0 saturated heterocycles. The molecule has 0 radical (unpaired) electrons. The minimum absolute atomic E-state index is 0. The van der Waals surface area contributed by atoms with Crippen molar-refractivity contribution in [3.63, 3.8) is 0 Å². The number of halogens is 2. The number of anilines is 1. The first kappa shape index (κ1) is 25.7. The number of carbonyl (C=O) groups is 1. The molecule has 6 nitrogen and oxygen atoms in total. The van der Waals surface area contributed by atoms with Gasteiger partial charge in [0.05, 0.1) is 17.3 Å². The van der Waals surface area contributed by atoms with Crippen LogP contribution in [0.5, 0.6) is 0 Å². The fourth-order valence-corrected chi connectivity index (χ4v) is 3.53. The minimum Gasteiger partial charge on any atom is -0.383 e. The van der Waals surface area contributed by atoms with Crippen molar-refractivity contribution in [2.75, 3.05) is 25.0 Å². The lowest BCUT2D eigenvalue weighted by atomic mass is 10.00. The van der Waals surface area contributed by atoms with Crippen LogP contribution in [0.2, 0.25) is 5.02 Å². The van der Waals surface area contributed by atoms with E-state index >= 15 is 0 Å². The van der Waals surface area contributed by atoms with Crippen molar-refractivity contribution in [1.82, 2.24) is 10.6 Å². The van der Waals surface area contributed by atoms with Crippen LogP contribution < -0.4 is 16.0 Å². The summed E-state index contributed by atoms with van der Waals surface area (Å²) in [6.07, 6.45) is 0.259. The van der Waals surface area contributed by atoms with E-state index in [0.717, 1.165) is 11.1 Å². The fourth-order valence-electron chi connectivity index (χ4n) is 2.47. The van der Waals surface area contributed by atoms with Crippen molar-refractivity contribution < 1.29 is 9.90 Å².